The molecule has 0 radical (unpaired) electrons. The quantitative estimate of drug-likeness (QED) is 0.465. The van der Waals surface area contributed by atoms with Crippen molar-refractivity contribution in [2.24, 2.45) is 5.41 Å². The standard InChI is InChI=1S/C20H21Cl2NO5S/c1-20(2,3)19(26)23-9-13-5-7-17(29-13)15(24)10-28-18(25)11-27-16-6-4-12(21)8-14(16)22/h4-8H,9-11H2,1-3H3,(H,23,26). The monoisotopic (exact) mass is 457 g/mol. The van der Waals surface area contributed by atoms with E-state index in [9.17, 15) is 14.4 Å². The number of hydrogen-bond acceptors (Lipinski definition) is 6. The van der Waals surface area contributed by atoms with Gasteiger partial charge >= 0.3 is 5.97 Å². The first kappa shape index (κ1) is 23.2. The Bertz CT molecular complexity index is 905. The molecule has 1 N–H and O–H groups in total. The first-order chi connectivity index (χ1) is 13.6. The number of hydrogen-bond donors (Lipinski definition) is 1. The average Bonchev–Trinajstić information content (AvgIpc) is 3.11. The molecular formula is C20H21Cl2NO5S. The fourth-order valence-electron chi connectivity index (χ4n) is 2.04. The van der Waals surface area contributed by atoms with Crippen molar-refractivity contribution in [3.63, 3.8) is 0 Å². The molecule has 0 saturated carbocycles. The number of carbonyl (C=O) groups excluding carboxylic acids is 3. The van der Waals surface area contributed by atoms with Gasteiger partial charge in [0.05, 0.1) is 16.4 Å². The van der Waals surface area contributed by atoms with Crippen LogP contribution in [0.2, 0.25) is 10.0 Å². The maximum atomic E-state index is 12.2. The van der Waals surface area contributed by atoms with Crippen LogP contribution >= 0.6 is 34.5 Å². The molecule has 2 aromatic rings. The highest BCUT2D eigenvalue weighted by molar-refractivity contribution is 7.14. The van der Waals surface area contributed by atoms with Gasteiger partial charge in [-0.25, -0.2) is 4.79 Å². The molecule has 0 atom stereocenters. The van der Waals surface area contributed by atoms with Crippen LogP contribution in [-0.4, -0.2) is 30.9 Å². The van der Waals surface area contributed by atoms with Crippen LogP contribution in [0.3, 0.4) is 0 Å². The van der Waals surface area contributed by atoms with E-state index in [0.29, 0.717) is 22.2 Å². The SMILES string of the molecule is CC(C)(C)C(=O)NCc1ccc(C(=O)COC(=O)COc2ccc(Cl)cc2Cl)s1. The summed E-state index contributed by atoms with van der Waals surface area (Å²) in [5, 5.41) is 3.54. The van der Waals surface area contributed by atoms with Gasteiger partial charge in [-0.3, -0.25) is 9.59 Å². The Morgan fingerprint density at radius 3 is 2.45 bits per heavy atom. The molecule has 0 bridgehead atoms. The van der Waals surface area contributed by atoms with E-state index in [2.05, 4.69) is 5.32 Å². The Hall–Kier alpha value is -2.09. The third-order valence-electron chi connectivity index (χ3n) is 3.64. The number of ether oxygens (including phenoxy) is 2. The number of ketones is 1. The van der Waals surface area contributed by atoms with Gasteiger partial charge in [0.25, 0.3) is 0 Å². The summed E-state index contributed by atoms with van der Waals surface area (Å²) in [6.07, 6.45) is 0. The van der Waals surface area contributed by atoms with E-state index in [1.165, 1.54) is 23.5 Å². The van der Waals surface area contributed by atoms with Crippen molar-refractivity contribution < 1.29 is 23.9 Å². The maximum absolute atomic E-state index is 12.2. The number of Topliss-reactive ketones (excluding diaryl/α,β-unsaturated/α-hetero) is 1. The molecule has 156 valence electrons. The lowest BCUT2D eigenvalue weighted by atomic mass is 9.96. The van der Waals surface area contributed by atoms with E-state index in [1.54, 1.807) is 18.2 Å². The van der Waals surface area contributed by atoms with Crippen LogP contribution in [0.15, 0.2) is 30.3 Å². The van der Waals surface area contributed by atoms with Gasteiger partial charge in [-0.05, 0) is 30.3 Å². The van der Waals surface area contributed by atoms with E-state index >= 15 is 0 Å². The Morgan fingerprint density at radius 1 is 1.07 bits per heavy atom. The number of benzene rings is 1. The highest BCUT2D eigenvalue weighted by atomic mass is 35.5. The van der Waals surface area contributed by atoms with Crippen LogP contribution in [0.1, 0.15) is 35.3 Å². The summed E-state index contributed by atoms with van der Waals surface area (Å²) in [6.45, 7) is 5.03. The molecule has 0 fully saturated rings. The summed E-state index contributed by atoms with van der Waals surface area (Å²) in [6, 6.07) is 8.01. The third kappa shape index (κ3) is 7.34. The largest absolute Gasteiger partial charge is 0.480 e. The summed E-state index contributed by atoms with van der Waals surface area (Å²) < 4.78 is 10.2. The molecule has 0 unspecified atom stereocenters. The minimum atomic E-state index is -0.696. The van der Waals surface area contributed by atoms with Crippen LogP contribution in [0.5, 0.6) is 5.75 Å². The van der Waals surface area contributed by atoms with Gasteiger partial charge in [0, 0.05) is 15.3 Å². The van der Waals surface area contributed by atoms with Crippen molar-refractivity contribution in [3.05, 3.63) is 50.1 Å². The average molecular weight is 458 g/mol. The Kier molecular flexibility index (Phi) is 8.07. The van der Waals surface area contributed by atoms with Gasteiger partial charge in [0.1, 0.15) is 5.75 Å². The predicted molar refractivity (Wildman–Crippen MR) is 113 cm³/mol. The van der Waals surface area contributed by atoms with E-state index in [4.69, 9.17) is 32.7 Å². The van der Waals surface area contributed by atoms with Gasteiger partial charge in [-0.15, -0.1) is 11.3 Å². The lowest BCUT2D eigenvalue weighted by Gasteiger charge is -2.17. The predicted octanol–water partition coefficient (Wildman–Crippen LogP) is 4.52. The summed E-state index contributed by atoms with van der Waals surface area (Å²) in [5.41, 5.74) is -0.484. The topological polar surface area (TPSA) is 81.7 Å². The minimum absolute atomic E-state index is 0.0755. The molecule has 1 amide bonds. The van der Waals surface area contributed by atoms with E-state index in [-0.39, 0.29) is 23.3 Å². The van der Waals surface area contributed by atoms with Gasteiger partial charge in [0.15, 0.2) is 13.2 Å². The fourth-order valence-corrected chi connectivity index (χ4v) is 3.38. The summed E-state index contributed by atoms with van der Waals surface area (Å²) in [4.78, 5) is 37.2. The molecule has 0 aliphatic rings. The van der Waals surface area contributed by atoms with Crippen LogP contribution in [-0.2, 0) is 20.9 Å². The van der Waals surface area contributed by atoms with Crippen LogP contribution in [0.4, 0.5) is 0 Å². The van der Waals surface area contributed by atoms with E-state index < -0.39 is 18.0 Å². The molecule has 0 spiro atoms. The highest BCUT2D eigenvalue weighted by Crippen LogP contribution is 2.27. The lowest BCUT2D eigenvalue weighted by molar-refractivity contribution is -0.144. The first-order valence-electron chi connectivity index (χ1n) is 8.70. The Morgan fingerprint density at radius 2 is 1.79 bits per heavy atom. The molecular weight excluding hydrogens is 437 g/mol. The first-order valence-corrected chi connectivity index (χ1v) is 10.3. The molecule has 1 heterocycles. The van der Waals surface area contributed by atoms with Gasteiger partial charge < -0.3 is 14.8 Å². The number of esters is 1. The highest BCUT2D eigenvalue weighted by Gasteiger charge is 2.21. The van der Waals surface area contributed by atoms with Gasteiger partial charge in [-0.1, -0.05) is 44.0 Å². The molecule has 2 rings (SSSR count). The number of rotatable bonds is 8. The zero-order chi connectivity index (χ0) is 21.6. The second-order valence-electron chi connectivity index (χ2n) is 7.15. The van der Waals surface area contributed by atoms with Crippen molar-refractivity contribution in [2.45, 2.75) is 27.3 Å². The molecule has 0 aliphatic carbocycles. The zero-order valence-electron chi connectivity index (χ0n) is 16.2. The number of amides is 1. The van der Waals surface area contributed by atoms with Crippen molar-refractivity contribution in [1.29, 1.82) is 0 Å². The molecule has 29 heavy (non-hydrogen) atoms. The summed E-state index contributed by atoms with van der Waals surface area (Å²) in [5.74, 6) is -0.812. The second-order valence-corrected chi connectivity index (χ2v) is 9.16. The fraction of sp³-hybridized carbons (Fsp3) is 0.350. The molecule has 1 aromatic carbocycles. The number of halogens is 2. The van der Waals surface area contributed by atoms with Crippen LogP contribution in [0.25, 0.3) is 0 Å². The molecule has 0 saturated heterocycles. The van der Waals surface area contributed by atoms with E-state index in [1.807, 2.05) is 20.8 Å². The van der Waals surface area contributed by atoms with E-state index in [0.717, 1.165) is 4.88 Å². The van der Waals surface area contributed by atoms with Crippen LogP contribution in [0, 0.1) is 5.41 Å². The Labute approximate surface area is 183 Å². The zero-order valence-corrected chi connectivity index (χ0v) is 18.5. The maximum Gasteiger partial charge on any atom is 0.344 e. The normalized spacial score (nSPS) is 11.1. The van der Waals surface area contributed by atoms with Gasteiger partial charge in [-0.2, -0.15) is 0 Å². The van der Waals surface area contributed by atoms with Crippen molar-refractivity contribution in [1.82, 2.24) is 5.32 Å². The molecule has 0 aliphatic heterocycles. The Balaban J connectivity index is 1.78. The summed E-state index contributed by atoms with van der Waals surface area (Å²) >= 11 is 13.0. The number of thiophene rings is 1. The number of nitrogens with one attached hydrogen (secondary N) is 1. The lowest BCUT2D eigenvalue weighted by Crippen LogP contribution is -2.34. The smallest absolute Gasteiger partial charge is 0.344 e. The van der Waals surface area contributed by atoms with Crippen LogP contribution < -0.4 is 10.1 Å². The third-order valence-corrected chi connectivity index (χ3v) is 5.30. The molecule has 9 heteroatoms. The van der Waals surface area contributed by atoms with Crippen molar-refractivity contribution in [2.75, 3.05) is 13.2 Å². The summed E-state index contributed by atoms with van der Waals surface area (Å²) in [7, 11) is 0. The molecule has 1 aromatic heterocycles. The minimum Gasteiger partial charge on any atom is -0.480 e. The second kappa shape index (κ2) is 10.1. The van der Waals surface area contributed by atoms with Gasteiger partial charge in [0.2, 0.25) is 11.7 Å². The van der Waals surface area contributed by atoms with Crippen molar-refractivity contribution in [3.8, 4) is 5.75 Å². The molecule has 6 nitrogen and oxygen atoms in total. The van der Waals surface area contributed by atoms with Crippen molar-refractivity contribution >= 4 is 52.2 Å². The number of carbonyl (C=O) groups is 3.